The number of benzene rings is 1. The average molecular weight is 281 g/mol. The summed E-state index contributed by atoms with van der Waals surface area (Å²) in [6.45, 7) is 3.14. The highest BCUT2D eigenvalue weighted by molar-refractivity contribution is 5.55. The Balaban J connectivity index is 2.61. The van der Waals surface area contributed by atoms with E-state index in [1.54, 1.807) is 21.3 Å². The number of ether oxygens (including phenoxy) is 4. The van der Waals surface area contributed by atoms with Gasteiger partial charge in [0.1, 0.15) is 17.6 Å². The minimum atomic E-state index is -0.244. The predicted octanol–water partition coefficient (Wildman–Crippen LogP) is 1.81. The van der Waals surface area contributed by atoms with Crippen molar-refractivity contribution in [1.29, 1.82) is 0 Å². The lowest BCUT2D eigenvalue weighted by atomic mass is 9.93. The molecule has 0 amide bonds. The minimum Gasteiger partial charge on any atom is -0.496 e. The fourth-order valence-corrected chi connectivity index (χ4v) is 2.79. The zero-order valence-electron chi connectivity index (χ0n) is 12.6. The first-order valence-electron chi connectivity index (χ1n) is 6.76. The molecule has 0 saturated carbocycles. The van der Waals surface area contributed by atoms with Gasteiger partial charge in [-0.3, -0.25) is 0 Å². The highest BCUT2D eigenvalue weighted by Crippen LogP contribution is 2.41. The van der Waals surface area contributed by atoms with Crippen molar-refractivity contribution in [1.82, 2.24) is 0 Å². The molecule has 5 nitrogen and oxygen atoms in total. The Labute approximate surface area is 120 Å². The largest absolute Gasteiger partial charge is 0.496 e. The maximum atomic E-state index is 6.02. The van der Waals surface area contributed by atoms with Gasteiger partial charge in [0.15, 0.2) is 0 Å². The van der Waals surface area contributed by atoms with Gasteiger partial charge >= 0.3 is 0 Å². The zero-order valence-corrected chi connectivity index (χ0v) is 12.6. The van der Waals surface area contributed by atoms with Crippen molar-refractivity contribution in [2.75, 3.05) is 27.9 Å². The zero-order chi connectivity index (χ0) is 14.7. The quantitative estimate of drug-likeness (QED) is 0.892. The molecule has 0 fully saturated rings. The molecule has 0 bridgehead atoms. The van der Waals surface area contributed by atoms with E-state index in [9.17, 15) is 0 Å². The van der Waals surface area contributed by atoms with Crippen LogP contribution in [0.5, 0.6) is 11.5 Å². The maximum Gasteiger partial charge on any atom is 0.130 e. The van der Waals surface area contributed by atoms with Crippen LogP contribution in [0.15, 0.2) is 6.07 Å². The molecule has 0 radical (unpaired) electrons. The summed E-state index contributed by atoms with van der Waals surface area (Å²) in [5.74, 6) is 1.64. The van der Waals surface area contributed by atoms with E-state index in [4.69, 9.17) is 24.7 Å². The van der Waals surface area contributed by atoms with Gasteiger partial charge in [0.2, 0.25) is 0 Å². The van der Waals surface area contributed by atoms with Crippen LogP contribution in [0.3, 0.4) is 0 Å². The molecule has 0 unspecified atom stereocenters. The number of methoxy groups -OCH3 is 3. The standard InChI is InChI=1S/C15H23NO4/c1-9(16)14(18-3)11-7-13(17-2)10-5-6-20-8-12(10)15(11)19-4/h7,9,14H,5-6,8,16H2,1-4H3/t9-,14-/m1/s1. The second-order valence-electron chi connectivity index (χ2n) is 4.98. The molecule has 1 heterocycles. The molecule has 1 aromatic rings. The van der Waals surface area contributed by atoms with E-state index >= 15 is 0 Å². The van der Waals surface area contributed by atoms with Crippen molar-refractivity contribution >= 4 is 0 Å². The first-order chi connectivity index (χ1) is 9.63. The molecule has 20 heavy (non-hydrogen) atoms. The van der Waals surface area contributed by atoms with Gasteiger partial charge < -0.3 is 24.7 Å². The third-order valence-corrected chi connectivity index (χ3v) is 3.69. The molecule has 2 atom stereocenters. The molecule has 2 N–H and O–H groups in total. The Morgan fingerprint density at radius 2 is 1.95 bits per heavy atom. The first kappa shape index (κ1) is 15.1. The molecule has 1 aromatic carbocycles. The first-order valence-corrected chi connectivity index (χ1v) is 6.76. The van der Waals surface area contributed by atoms with Gasteiger partial charge in [-0.1, -0.05) is 0 Å². The van der Waals surface area contributed by atoms with E-state index in [1.807, 2.05) is 13.0 Å². The monoisotopic (exact) mass is 281 g/mol. The third kappa shape index (κ3) is 2.61. The molecule has 0 aliphatic carbocycles. The Morgan fingerprint density at radius 3 is 2.50 bits per heavy atom. The Kier molecular flexibility index (Phi) is 4.86. The van der Waals surface area contributed by atoms with Crippen LogP contribution >= 0.6 is 0 Å². The predicted molar refractivity (Wildman–Crippen MR) is 76.3 cm³/mol. The molecule has 2 rings (SSSR count). The van der Waals surface area contributed by atoms with E-state index in [-0.39, 0.29) is 12.1 Å². The van der Waals surface area contributed by atoms with Crippen molar-refractivity contribution in [3.05, 3.63) is 22.8 Å². The van der Waals surface area contributed by atoms with Crippen LogP contribution in [0.25, 0.3) is 0 Å². The molecule has 112 valence electrons. The molecule has 0 saturated heterocycles. The van der Waals surface area contributed by atoms with Crippen molar-refractivity contribution in [3.63, 3.8) is 0 Å². The highest BCUT2D eigenvalue weighted by Gasteiger charge is 2.27. The Bertz CT molecular complexity index is 473. The van der Waals surface area contributed by atoms with Crippen molar-refractivity contribution in [2.45, 2.75) is 32.1 Å². The van der Waals surface area contributed by atoms with Crippen LogP contribution in [0.4, 0.5) is 0 Å². The van der Waals surface area contributed by atoms with E-state index in [0.717, 1.165) is 34.6 Å². The topological polar surface area (TPSA) is 62.9 Å². The summed E-state index contributed by atoms with van der Waals surface area (Å²) in [7, 11) is 4.99. The molecule has 0 aromatic heterocycles. The van der Waals surface area contributed by atoms with Gasteiger partial charge in [-0.25, -0.2) is 0 Å². The number of fused-ring (bicyclic) bond motifs is 1. The van der Waals surface area contributed by atoms with Gasteiger partial charge in [-0.15, -0.1) is 0 Å². The van der Waals surface area contributed by atoms with Crippen molar-refractivity contribution in [3.8, 4) is 11.5 Å². The number of rotatable bonds is 5. The lowest BCUT2D eigenvalue weighted by molar-refractivity contribution is 0.0804. The number of nitrogens with two attached hydrogens (primary N) is 1. The fourth-order valence-electron chi connectivity index (χ4n) is 2.79. The smallest absolute Gasteiger partial charge is 0.130 e. The maximum absolute atomic E-state index is 6.02. The molecule has 0 spiro atoms. The SMILES string of the molecule is COc1cc([C@H](OC)[C@@H](C)N)c(OC)c2c1CCOC2. The summed E-state index contributed by atoms with van der Waals surface area (Å²) in [5, 5.41) is 0. The summed E-state index contributed by atoms with van der Waals surface area (Å²) in [6, 6.07) is 1.82. The second-order valence-corrected chi connectivity index (χ2v) is 4.98. The number of hydrogen-bond acceptors (Lipinski definition) is 5. The van der Waals surface area contributed by atoms with Gasteiger partial charge in [-0.2, -0.15) is 0 Å². The van der Waals surface area contributed by atoms with E-state index < -0.39 is 0 Å². The summed E-state index contributed by atoms with van der Waals surface area (Å²) in [5.41, 5.74) is 9.12. The Hall–Kier alpha value is -1.30. The molecular formula is C15H23NO4. The van der Waals surface area contributed by atoms with E-state index in [2.05, 4.69) is 0 Å². The van der Waals surface area contributed by atoms with Crippen LogP contribution in [0.1, 0.15) is 29.7 Å². The summed E-state index contributed by atoms with van der Waals surface area (Å²) >= 11 is 0. The van der Waals surface area contributed by atoms with Gasteiger partial charge in [-0.05, 0) is 19.4 Å². The fraction of sp³-hybridized carbons (Fsp3) is 0.600. The summed E-state index contributed by atoms with van der Waals surface area (Å²) in [6.07, 6.45) is 0.580. The third-order valence-electron chi connectivity index (χ3n) is 3.69. The van der Waals surface area contributed by atoms with Crippen molar-refractivity contribution in [2.24, 2.45) is 5.73 Å². The lowest BCUT2D eigenvalue weighted by Crippen LogP contribution is -2.27. The Morgan fingerprint density at radius 1 is 1.20 bits per heavy atom. The average Bonchev–Trinajstić information content (AvgIpc) is 2.46. The molecular weight excluding hydrogens is 258 g/mol. The van der Waals surface area contributed by atoms with Crippen LogP contribution in [0, 0.1) is 0 Å². The normalized spacial score (nSPS) is 17.2. The molecule has 1 aliphatic heterocycles. The van der Waals surface area contributed by atoms with Crippen molar-refractivity contribution < 1.29 is 18.9 Å². The lowest BCUT2D eigenvalue weighted by Gasteiger charge is -2.28. The summed E-state index contributed by atoms with van der Waals surface area (Å²) < 4.78 is 22.2. The van der Waals surface area contributed by atoms with Crippen LogP contribution < -0.4 is 15.2 Å². The number of hydrogen-bond donors (Lipinski definition) is 1. The van der Waals surface area contributed by atoms with Gasteiger partial charge in [0, 0.05) is 29.8 Å². The van der Waals surface area contributed by atoms with E-state index in [0.29, 0.717) is 13.2 Å². The van der Waals surface area contributed by atoms with Crippen LogP contribution in [-0.4, -0.2) is 34.0 Å². The van der Waals surface area contributed by atoms with Gasteiger partial charge in [0.05, 0.1) is 27.4 Å². The van der Waals surface area contributed by atoms with E-state index in [1.165, 1.54) is 0 Å². The van der Waals surface area contributed by atoms with Crippen LogP contribution in [-0.2, 0) is 22.5 Å². The summed E-state index contributed by atoms with van der Waals surface area (Å²) in [4.78, 5) is 0. The molecule has 1 aliphatic rings. The van der Waals surface area contributed by atoms with Crippen LogP contribution in [0.2, 0.25) is 0 Å². The second kappa shape index (κ2) is 6.43. The highest BCUT2D eigenvalue weighted by atomic mass is 16.5. The van der Waals surface area contributed by atoms with Gasteiger partial charge in [0.25, 0.3) is 0 Å². The minimum absolute atomic E-state index is 0.152. The molecule has 5 heteroatoms.